The Balaban J connectivity index is 2.13. The highest BCUT2D eigenvalue weighted by Crippen LogP contribution is 2.13. The molecule has 0 saturated carbocycles. The molecule has 0 spiro atoms. The van der Waals surface area contributed by atoms with Crippen LogP contribution in [0.1, 0.15) is 45.2 Å². The molecule has 0 bridgehead atoms. The SMILES string of the molecule is CC[C@H](C)[C@H](NC(=O)[C@H](Cc1ccc(O)cc1)NC(=O)[C@@H](N)C(C)C)C(=O)NCCc1ccccc1. The minimum Gasteiger partial charge on any atom is -0.508 e. The standard InChI is InChI=1S/C28H40N4O4/c1-5-19(4)25(28(36)30-16-15-20-9-7-6-8-10-20)32-26(34)23(31-27(35)24(29)18(2)3)17-21-11-13-22(33)14-12-21/h6-14,18-19,23-25,33H,5,15-17,29H2,1-4H3,(H,30,36)(H,31,35)(H,32,34)/t19-,23-,24-,25-/m0/s1. The summed E-state index contributed by atoms with van der Waals surface area (Å²) < 4.78 is 0. The molecule has 0 aromatic heterocycles. The van der Waals surface area contributed by atoms with Crippen LogP contribution in [0.15, 0.2) is 54.6 Å². The third-order valence-corrected chi connectivity index (χ3v) is 6.38. The molecule has 3 amide bonds. The molecule has 0 heterocycles. The minimum absolute atomic E-state index is 0.106. The molecular weight excluding hydrogens is 456 g/mol. The molecule has 2 aromatic carbocycles. The van der Waals surface area contributed by atoms with Gasteiger partial charge in [-0.2, -0.15) is 0 Å². The number of carbonyl (C=O) groups is 3. The van der Waals surface area contributed by atoms with E-state index in [9.17, 15) is 19.5 Å². The number of phenolic OH excluding ortho intramolecular Hbond substituents is 1. The van der Waals surface area contributed by atoms with Crippen LogP contribution in [0, 0.1) is 11.8 Å². The molecule has 6 N–H and O–H groups in total. The van der Waals surface area contributed by atoms with Crippen molar-refractivity contribution in [2.24, 2.45) is 17.6 Å². The van der Waals surface area contributed by atoms with Gasteiger partial charge in [0.05, 0.1) is 6.04 Å². The van der Waals surface area contributed by atoms with Gasteiger partial charge in [0.1, 0.15) is 17.8 Å². The third kappa shape index (κ3) is 9.00. The molecule has 196 valence electrons. The van der Waals surface area contributed by atoms with E-state index >= 15 is 0 Å². The quantitative estimate of drug-likeness (QED) is 0.290. The van der Waals surface area contributed by atoms with Crippen molar-refractivity contribution < 1.29 is 19.5 Å². The first-order chi connectivity index (χ1) is 17.1. The number of hydrogen-bond acceptors (Lipinski definition) is 5. The Kier molecular flexibility index (Phi) is 11.4. The lowest BCUT2D eigenvalue weighted by molar-refractivity contribution is -0.133. The van der Waals surface area contributed by atoms with Crippen molar-refractivity contribution in [3.63, 3.8) is 0 Å². The summed E-state index contributed by atoms with van der Waals surface area (Å²) >= 11 is 0. The van der Waals surface area contributed by atoms with Gasteiger partial charge < -0.3 is 26.8 Å². The van der Waals surface area contributed by atoms with E-state index in [1.165, 1.54) is 12.1 Å². The molecule has 0 aliphatic heterocycles. The van der Waals surface area contributed by atoms with Gasteiger partial charge in [0.2, 0.25) is 17.7 Å². The molecule has 4 atom stereocenters. The summed E-state index contributed by atoms with van der Waals surface area (Å²) in [6.07, 6.45) is 1.55. The Morgan fingerprint density at radius 1 is 0.861 bits per heavy atom. The van der Waals surface area contributed by atoms with E-state index in [0.29, 0.717) is 19.4 Å². The predicted octanol–water partition coefficient (Wildman–Crippen LogP) is 2.29. The summed E-state index contributed by atoms with van der Waals surface area (Å²) in [6, 6.07) is 13.8. The van der Waals surface area contributed by atoms with E-state index in [2.05, 4.69) is 16.0 Å². The Morgan fingerprint density at radius 3 is 2.08 bits per heavy atom. The number of aromatic hydroxyl groups is 1. The topological polar surface area (TPSA) is 134 Å². The van der Waals surface area contributed by atoms with E-state index in [0.717, 1.165) is 11.1 Å². The first-order valence-electron chi connectivity index (χ1n) is 12.6. The number of hydrogen-bond donors (Lipinski definition) is 5. The summed E-state index contributed by atoms with van der Waals surface area (Å²) in [5.41, 5.74) is 7.86. The average molecular weight is 497 g/mol. The van der Waals surface area contributed by atoms with E-state index in [-0.39, 0.29) is 29.9 Å². The molecule has 8 heteroatoms. The fourth-order valence-electron chi connectivity index (χ4n) is 3.69. The second-order valence-corrected chi connectivity index (χ2v) is 9.60. The summed E-state index contributed by atoms with van der Waals surface area (Å²) in [4.78, 5) is 39.1. The molecule has 2 aromatic rings. The summed E-state index contributed by atoms with van der Waals surface area (Å²) in [5, 5.41) is 18.1. The second kappa shape index (κ2) is 14.2. The lowest BCUT2D eigenvalue weighted by Crippen LogP contribution is -2.58. The molecule has 0 aliphatic carbocycles. The van der Waals surface area contributed by atoms with Gasteiger partial charge in [-0.15, -0.1) is 0 Å². The molecule has 0 fully saturated rings. The fourth-order valence-corrected chi connectivity index (χ4v) is 3.69. The molecular formula is C28H40N4O4. The molecule has 0 unspecified atom stereocenters. The van der Waals surface area contributed by atoms with Crippen LogP contribution in [0.2, 0.25) is 0 Å². The van der Waals surface area contributed by atoms with E-state index in [1.807, 2.05) is 58.0 Å². The van der Waals surface area contributed by atoms with Gasteiger partial charge in [-0.05, 0) is 41.5 Å². The highest BCUT2D eigenvalue weighted by Gasteiger charge is 2.31. The molecule has 0 saturated heterocycles. The number of rotatable bonds is 13. The monoisotopic (exact) mass is 496 g/mol. The zero-order valence-electron chi connectivity index (χ0n) is 21.7. The minimum atomic E-state index is -0.935. The van der Waals surface area contributed by atoms with Gasteiger partial charge in [0.15, 0.2) is 0 Å². The van der Waals surface area contributed by atoms with Crippen LogP contribution in [-0.4, -0.2) is 47.5 Å². The first kappa shape index (κ1) is 28.8. The van der Waals surface area contributed by atoms with Crippen molar-refractivity contribution >= 4 is 17.7 Å². The molecule has 8 nitrogen and oxygen atoms in total. The molecule has 36 heavy (non-hydrogen) atoms. The van der Waals surface area contributed by atoms with Crippen LogP contribution in [0.4, 0.5) is 0 Å². The maximum atomic E-state index is 13.4. The van der Waals surface area contributed by atoms with Crippen molar-refractivity contribution in [2.75, 3.05) is 6.54 Å². The largest absolute Gasteiger partial charge is 0.508 e. The van der Waals surface area contributed by atoms with Gasteiger partial charge in [0, 0.05) is 13.0 Å². The number of nitrogens with two attached hydrogens (primary N) is 1. The highest BCUT2D eigenvalue weighted by molar-refractivity contribution is 5.93. The second-order valence-electron chi connectivity index (χ2n) is 9.60. The van der Waals surface area contributed by atoms with Crippen LogP contribution in [0.3, 0.4) is 0 Å². The number of amides is 3. The van der Waals surface area contributed by atoms with Crippen molar-refractivity contribution in [3.8, 4) is 5.75 Å². The fraction of sp³-hybridized carbons (Fsp3) is 0.464. The van der Waals surface area contributed by atoms with Gasteiger partial charge >= 0.3 is 0 Å². The van der Waals surface area contributed by atoms with Crippen LogP contribution in [0.5, 0.6) is 5.75 Å². The van der Waals surface area contributed by atoms with Crippen molar-refractivity contribution in [3.05, 3.63) is 65.7 Å². The maximum Gasteiger partial charge on any atom is 0.243 e. The van der Waals surface area contributed by atoms with Gasteiger partial charge in [-0.1, -0.05) is 76.6 Å². The van der Waals surface area contributed by atoms with Crippen LogP contribution >= 0.6 is 0 Å². The van der Waals surface area contributed by atoms with E-state index in [4.69, 9.17) is 5.73 Å². The highest BCUT2D eigenvalue weighted by atomic mass is 16.3. The number of benzene rings is 2. The zero-order chi connectivity index (χ0) is 26.7. The molecule has 0 aliphatic rings. The van der Waals surface area contributed by atoms with Gasteiger partial charge in [-0.25, -0.2) is 0 Å². The summed E-state index contributed by atoms with van der Waals surface area (Å²) in [7, 11) is 0. The number of nitrogens with one attached hydrogen (secondary N) is 3. The lowest BCUT2D eigenvalue weighted by atomic mass is 9.96. The number of phenols is 1. The summed E-state index contributed by atoms with van der Waals surface area (Å²) in [5.74, 6) is -1.27. The van der Waals surface area contributed by atoms with Crippen LogP contribution < -0.4 is 21.7 Å². The number of carbonyl (C=O) groups excluding carboxylic acids is 3. The molecule has 0 radical (unpaired) electrons. The lowest BCUT2D eigenvalue weighted by Gasteiger charge is -2.27. The van der Waals surface area contributed by atoms with E-state index in [1.54, 1.807) is 12.1 Å². The summed E-state index contributed by atoms with van der Waals surface area (Å²) in [6.45, 7) is 7.97. The maximum absolute atomic E-state index is 13.4. The van der Waals surface area contributed by atoms with Crippen molar-refractivity contribution in [1.29, 1.82) is 0 Å². The van der Waals surface area contributed by atoms with Crippen molar-refractivity contribution in [2.45, 2.75) is 65.1 Å². The zero-order valence-corrected chi connectivity index (χ0v) is 21.7. The average Bonchev–Trinajstić information content (AvgIpc) is 2.87. The third-order valence-electron chi connectivity index (χ3n) is 6.38. The molecule has 2 rings (SSSR count). The first-order valence-corrected chi connectivity index (χ1v) is 12.6. The van der Waals surface area contributed by atoms with Gasteiger partial charge in [0.25, 0.3) is 0 Å². The van der Waals surface area contributed by atoms with Crippen LogP contribution in [-0.2, 0) is 27.2 Å². The van der Waals surface area contributed by atoms with Crippen molar-refractivity contribution in [1.82, 2.24) is 16.0 Å². The van der Waals surface area contributed by atoms with Gasteiger partial charge in [-0.3, -0.25) is 14.4 Å². The Hall–Kier alpha value is -3.39. The Morgan fingerprint density at radius 2 is 1.50 bits per heavy atom. The predicted molar refractivity (Wildman–Crippen MR) is 141 cm³/mol. The smallest absolute Gasteiger partial charge is 0.243 e. The Labute approximate surface area is 214 Å². The Bertz CT molecular complexity index is 979. The van der Waals surface area contributed by atoms with E-state index < -0.39 is 29.9 Å². The normalized spacial score (nSPS) is 14.4. The van der Waals surface area contributed by atoms with Crippen LogP contribution in [0.25, 0.3) is 0 Å².